The largest absolute Gasteiger partial charge is 0.303 e. The van der Waals surface area contributed by atoms with Crippen LogP contribution < -0.4 is 0 Å². The van der Waals surface area contributed by atoms with Gasteiger partial charge in [-0.1, -0.05) is 34.1 Å². The quantitative estimate of drug-likeness (QED) is 0.635. The summed E-state index contributed by atoms with van der Waals surface area (Å²) in [6, 6.07) is 0. The van der Waals surface area contributed by atoms with Crippen molar-refractivity contribution in [2.24, 2.45) is 11.3 Å². The predicted molar refractivity (Wildman–Crippen MR) is 58.9 cm³/mol. The van der Waals surface area contributed by atoms with E-state index >= 15 is 0 Å². The van der Waals surface area contributed by atoms with Gasteiger partial charge in [0.25, 0.3) is 0 Å². The Morgan fingerprint density at radius 2 is 1.92 bits per heavy atom. The van der Waals surface area contributed by atoms with Gasteiger partial charge in [-0.3, -0.25) is 0 Å². The molecule has 1 fully saturated rings. The second-order valence-electron chi connectivity index (χ2n) is 5.75. The van der Waals surface area contributed by atoms with Crippen LogP contribution in [0, 0.1) is 11.3 Å². The summed E-state index contributed by atoms with van der Waals surface area (Å²) in [6.45, 7) is 13.4. The molecule has 0 atom stereocenters. The van der Waals surface area contributed by atoms with Crippen LogP contribution in [0.2, 0.25) is 0 Å². The molecule has 1 rings (SSSR count). The summed E-state index contributed by atoms with van der Waals surface area (Å²) in [4.78, 5) is 2.65. The van der Waals surface area contributed by atoms with Gasteiger partial charge in [0.15, 0.2) is 0 Å². The van der Waals surface area contributed by atoms with E-state index in [-0.39, 0.29) is 0 Å². The highest BCUT2D eigenvalue weighted by Gasteiger charge is 2.24. The molecular formula is C12H25N. The SMILES string of the molecule is CC(C)CN1CCCCC(C)(C)C1. The number of hydrogen-bond acceptors (Lipinski definition) is 1. The Morgan fingerprint density at radius 3 is 2.54 bits per heavy atom. The molecule has 1 nitrogen and oxygen atoms in total. The van der Waals surface area contributed by atoms with Crippen molar-refractivity contribution >= 4 is 0 Å². The van der Waals surface area contributed by atoms with Gasteiger partial charge in [-0.25, -0.2) is 0 Å². The molecular weight excluding hydrogens is 158 g/mol. The first-order valence-corrected chi connectivity index (χ1v) is 5.72. The number of rotatable bonds is 2. The molecule has 0 aromatic carbocycles. The lowest BCUT2D eigenvalue weighted by Crippen LogP contribution is -2.35. The highest BCUT2D eigenvalue weighted by molar-refractivity contribution is 4.78. The Kier molecular flexibility index (Phi) is 3.78. The lowest BCUT2D eigenvalue weighted by molar-refractivity contribution is 0.179. The van der Waals surface area contributed by atoms with Crippen molar-refractivity contribution in [1.82, 2.24) is 4.90 Å². The second kappa shape index (κ2) is 4.45. The zero-order valence-corrected chi connectivity index (χ0v) is 9.77. The zero-order valence-electron chi connectivity index (χ0n) is 9.77. The Balaban J connectivity index is 2.45. The molecule has 1 saturated heterocycles. The van der Waals surface area contributed by atoms with Gasteiger partial charge in [-0.05, 0) is 30.7 Å². The minimum Gasteiger partial charge on any atom is -0.303 e. The zero-order chi connectivity index (χ0) is 9.90. The molecule has 0 aromatic rings. The van der Waals surface area contributed by atoms with Crippen LogP contribution in [-0.2, 0) is 0 Å². The van der Waals surface area contributed by atoms with E-state index in [1.807, 2.05) is 0 Å². The van der Waals surface area contributed by atoms with Crippen molar-refractivity contribution in [2.45, 2.75) is 47.0 Å². The van der Waals surface area contributed by atoms with E-state index in [2.05, 4.69) is 32.6 Å². The lowest BCUT2D eigenvalue weighted by Gasteiger charge is -2.30. The molecule has 0 N–H and O–H groups in total. The normalized spacial score (nSPS) is 24.7. The van der Waals surface area contributed by atoms with Crippen LogP contribution in [0.3, 0.4) is 0 Å². The van der Waals surface area contributed by atoms with Gasteiger partial charge in [0.05, 0.1) is 0 Å². The molecule has 0 unspecified atom stereocenters. The molecule has 13 heavy (non-hydrogen) atoms. The molecule has 1 aliphatic heterocycles. The monoisotopic (exact) mass is 183 g/mol. The average molecular weight is 183 g/mol. The van der Waals surface area contributed by atoms with E-state index in [9.17, 15) is 0 Å². The van der Waals surface area contributed by atoms with Crippen LogP contribution in [0.15, 0.2) is 0 Å². The van der Waals surface area contributed by atoms with Crippen molar-refractivity contribution in [2.75, 3.05) is 19.6 Å². The van der Waals surface area contributed by atoms with Crippen molar-refractivity contribution in [3.8, 4) is 0 Å². The Bertz CT molecular complexity index is 149. The maximum absolute atomic E-state index is 2.65. The smallest absolute Gasteiger partial charge is 0.00328 e. The minimum atomic E-state index is 0.547. The summed E-state index contributed by atoms with van der Waals surface area (Å²) in [7, 11) is 0. The second-order valence-corrected chi connectivity index (χ2v) is 5.75. The summed E-state index contributed by atoms with van der Waals surface area (Å²) in [6.07, 6.45) is 4.22. The van der Waals surface area contributed by atoms with E-state index in [1.165, 1.54) is 38.9 Å². The van der Waals surface area contributed by atoms with E-state index in [0.29, 0.717) is 5.41 Å². The summed E-state index contributed by atoms with van der Waals surface area (Å²) < 4.78 is 0. The number of likely N-dealkylation sites (tertiary alicyclic amines) is 1. The van der Waals surface area contributed by atoms with Gasteiger partial charge in [0.2, 0.25) is 0 Å². The summed E-state index contributed by atoms with van der Waals surface area (Å²) in [5.74, 6) is 0.814. The minimum absolute atomic E-state index is 0.547. The Hall–Kier alpha value is -0.0400. The molecule has 0 saturated carbocycles. The molecule has 0 bridgehead atoms. The molecule has 78 valence electrons. The molecule has 0 amide bonds. The van der Waals surface area contributed by atoms with Crippen LogP contribution in [0.4, 0.5) is 0 Å². The first-order chi connectivity index (χ1) is 5.99. The molecule has 1 heteroatoms. The number of hydrogen-bond donors (Lipinski definition) is 0. The maximum atomic E-state index is 2.65. The molecule has 1 heterocycles. The van der Waals surface area contributed by atoms with Crippen molar-refractivity contribution in [1.29, 1.82) is 0 Å². The van der Waals surface area contributed by atoms with Gasteiger partial charge in [0.1, 0.15) is 0 Å². The molecule has 0 spiro atoms. The van der Waals surface area contributed by atoms with Crippen molar-refractivity contribution < 1.29 is 0 Å². The Labute approximate surface area is 83.5 Å². The van der Waals surface area contributed by atoms with Crippen LogP contribution in [0.5, 0.6) is 0 Å². The first-order valence-electron chi connectivity index (χ1n) is 5.72. The van der Waals surface area contributed by atoms with E-state index in [0.717, 1.165) is 5.92 Å². The third-order valence-electron chi connectivity index (χ3n) is 2.85. The average Bonchev–Trinajstić information content (AvgIpc) is 2.09. The fourth-order valence-corrected chi connectivity index (χ4v) is 2.37. The van der Waals surface area contributed by atoms with Crippen molar-refractivity contribution in [3.05, 3.63) is 0 Å². The van der Waals surface area contributed by atoms with Gasteiger partial charge in [-0.15, -0.1) is 0 Å². The Morgan fingerprint density at radius 1 is 1.23 bits per heavy atom. The lowest BCUT2D eigenvalue weighted by atomic mass is 9.88. The first kappa shape index (κ1) is 11.0. The van der Waals surface area contributed by atoms with Crippen LogP contribution in [-0.4, -0.2) is 24.5 Å². The maximum Gasteiger partial charge on any atom is 0.00328 e. The standard InChI is InChI=1S/C12H25N/c1-11(2)9-13-8-6-5-7-12(3,4)10-13/h11H,5-10H2,1-4H3. The fraction of sp³-hybridized carbons (Fsp3) is 1.00. The molecule has 0 radical (unpaired) electrons. The summed E-state index contributed by atoms with van der Waals surface area (Å²) in [5, 5.41) is 0. The van der Waals surface area contributed by atoms with Crippen LogP contribution in [0.1, 0.15) is 47.0 Å². The topological polar surface area (TPSA) is 3.24 Å². The van der Waals surface area contributed by atoms with Gasteiger partial charge >= 0.3 is 0 Å². The molecule has 0 aromatic heterocycles. The third-order valence-corrected chi connectivity index (χ3v) is 2.85. The predicted octanol–water partition coefficient (Wildman–Crippen LogP) is 3.15. The molecule has 1 aliphatic rings. The fourth-order valence-electron chi connectivity index (χ4n) is 2.37. The highest BCUT2D eigenvalue weighted by Crippen LogP contribution is 2.28. The third kappa shape index (κ3) is 4.12. The summed E-state index contributed by atoms with van der Waals surface area (Å²) >= 11 is 0. The van der Waals surface area contributed by atoms with E-state index < -0.39 is 0 Å². The van der Waals surface area contributed by atoms with Gasteiger partial charge < -0.3 is 4.90 Å². The van der Waals surface area contributed by atoms with Crippen LogP contribution >= 0.6 is 0 Å². The van der Waals surface area contributed by atoms with E-state index in [4.69, 9.17) is 0 Å². The van der Waals surface area contributed by atoms with Crippen LogP contribution in [0.25, 0.3) is 0 Å². The van der Waals surface area contributed by atoms with Gasteiger partial charge in [0, 0.05) is 13.1 Å². The summed E-state index contributed by atoms with van der Waals surface area (Å²) in [5.41, 5.74) is 0.547. The molecule has 0 aliphatic carbocycles. The van der Waals surface area contributed by atoms with Gasteiger partial charge in [-0.2, -0.15) is 0 Å². The van der Waals surface area contributed by atoms with E-state index in [1.54, 1.807) is 0 Å². The number of nitrogens with zero attached hydrogens (tertiary/aromatic N) is 1. The van der Waals surface area contributed by atoms with Crippen molar-refractivity contribution in [3.63, 3.8) is 0 Å². The highest BCUT2D eigenvalue weighted by atomic mass is 15.1.